The molecule has 3 N–H and O–H groups in total. The van der Waals surface area contributed by atoms with Crippen LogP contribution in [0.1, 0.15) is 17.1 Å². The van der Waals surface area contributed by atoms with Crippen molar-refractivity contribution in [2.75, 3.05) is 0 Å². The number of H-pyrrole nitrogens is 1. The maximum Gasteiger partial charge on any atom is 0.223 e. The largest absolute Gasteiger partial charge is 0.369 e. The maximum absolute atomic E-state index is 10.9. The summed E-state index contributed by atoms with van der Waals surface area (Å²) >= 11 is 0. The van der Waals surface area contributed by atoms with Crippen LogP contribution in [0.4, 0.5) is 0 Å². The third-order valence-corrected chi connectivity index (χ3v) is 2.56. The molecule has 0 radical (unpaired) electrons. The Hall–Kier alpha value is -2.04. The smallest absolute Gasteiger partial charge is 0.223 e. The first-order valence-electron chi connectivity index (χ1n) is 5.05. The number of carbonyl (C=O) groups excluding carboxylic acids is 1. The molecule has 0 unspecified atom stereocenters. The van der Waals surface area contributed by atoms with E-state index in [0.29, 0.717) is 0 Å². The molecule has 0 saturated carbocycles. The Labute approximate surface area is 93.3 Å². The van der Waals surface area contributed by atoms with Gasteiger partial charge in [-0.1, -0.05) is 0 Å². The Kier molecular flexibility index (Phi) is 2.52. The van der Waals surface area contributed by atoms with Crippen molar-refractivity contribution in [2.24, 2.45) is 5.73 Å². The Bertz CT molecular complexity index is 504. The van der Waals surface area contributed by atoms with Gasteiger partial charge in [-0.05, 0) is 26.0 Å². The van der Waals surface area contributed by atoms with Crippen molar-refractivity contribution in [1.29, 1.82) is 0 Å². The zero-order chi connectivity index (χ0) is 11.7. The molecule has 2 heterocycles. The van der Waals surface area contributed by atoms with Gasteiger partial charge in [0.15, 0.2) is 0 Å². The summed E-state index contributed by atoms with van der Waals surface area (Å²) < 4.78 is 2.04. The van der Waals surface area contributed by atoms with Gasteiger partial charge >= 0.3 is 0 Å². The van der Waals surface area contributed by atoms with Crippen LogP contribution in [0.5, 0.6) is 0 Å². The van der Waals surface area contributed by atoms with E-state index in [1.54, 1.807) is 6.20 Å². The highest BCUT2D eigenvalue weighted by Crippen LogP contribution is 2.18. The molecule has 2 rings (SSSR count). The molecular formula is C11H14N4O. The predicted octanol–water partition coefficient (Wildman–Crippen LogP) is 0.845. The Morgan fingerprint density at radius 3 is 2.62 bits per heavy atom. The molecule has 0 aliphatic carbocycles. The van der Waals surface area contributed by atoms with E-state index in [2.05, 4.69) is 10.2 Å². The molecule has 0 aromatic carbocycles. The first-order valence-corrected chi connectivity index (χ1v) is 5.05. The van der Waals surface area contributed by atoms with Crippen LogP contribution in [0.3, 0.4) is 0 Å². The topological polar surface area (TPSA) is 76.7 Å². The van der Waals surface area contributed by atoms with E-state index in [1.807, 2.05) is 30.5 Å². The maximum atomic E-state index is 10.9. The number of primary amides is 1. The van der Waals surface area contributed by atoms with Crippen LogP contribution in [0, 0.1) is 13.8 Å². The fourth-order valence-corrected chi connectivity index (χ4v) is 1.85. The molecule has 0 bridgehead atoms. The average Bonchev–Trinajstić information content (AvgIpc) is 2.74. The molecule has 16 heavy (non-hydrogen) atoms. The van der Waals surface area contributed by atoms with Crippen molar-refractivity contribution < 1.29 is 4.79 Å². The van der Waals surface area contributed by atoms with E-state index in [0.717, 1.165) is 22.8 Å². The SMILES string of the molecule is Cc1ccc(C)n1-c1cn[nH]c1CC(N)=O. The Morgan fingerprint density at radius 1 is 1.44 bits per heavy atom. The normalized spacial score (nSPS) is 10.6. The van der Waals surface area contributed by atoms with Gasteiger partial charge in [0.2, 0.25) is 5.91 Å². The van der Waals surface area contributed by atoms with Crippen LogP contribution in [0.2, 0.25) is 0 Å². The van der Waals surface area contributed by atoms with E-state index in [9.17, 15) is 4.79 Å². The highest BCUT2D eigenvalue weighted by Gasteiger charge is 2.12. The number of nitrogens with zero attached hydrogens (tertiary/aromatic N) is 2. The minimum atomic E-state index is -0.368. The van der Waals surface area contributed by atoms with Crippen LogP contribution in [-0.2, 0) is 11.2 Å². The molecule has 0 atom stereocenters. The van der Waals surface area contributed by atoms with Crippen molar-refractivity contribution >= 4 is 5.91 Å². The first kappa shape index (κ1) is 10.5. The molecular weight excluding hydrogens is 204 g/mol. The number of rotatable bonds is 3. The second kappa shape index (κ2) is 3.84. The van der Waals surface area contributed by atoms with Crippen LogP contribution in [-0.4, -0.2) is 20.7 Å². The van der Waals surface area contributed by atoms with Gasteiger partial charge in [-0.15, -0.1) is 0 Å². The number of carbonyl (C=O) groups is 1. The quantitative estimate of drug-likeness (QED) is 0.801. The molecule has 0 spiro atoms. The summed E-state index contributed by atoms with van der Waals surface area (Å²) in [5.41, 5.74) is 9.02. The molecule has 0 aliphatic rings. The average molecular weight is 218 g/mol. The number of hydrogen-bond donors (Lipinski definition) is 2. The number of hydrogen-bond acceptors (Lipinski definition) is 2. The lowest BCUT2D eigenvalue weighted by molar-refractivity contribution is -0.117. The zero-order valence-electron chi connectivity index (χ0n) is 9.32. The van der Waals surface area contributed by atoms with E-state index >= 15 is 0 Å². The van der Waals surface area contributed by atoms with Crippen LogP contribution in [0.25, 0.3) is 5.69 Å². The van der Waals surface area contributed by atoms with Crippen molar-refractivity contribution in [3.05, 3.63) is 35.4 Å². The lowest BCUT2D eigenvalue weighted by Gasteiger charge is -2.08. The zero-order valence-corrected chi connectivity index (χ0v) is 9.32. The van der Waals surface area contributed by atoms with E-state index in [4.69, 9.17) is 5.73 Å². The minimum Gasteiger partial charge on any atom is -0.369 e. The summed E-state index contributed by atoms with van der Waals surface area (Å²) in [5, 5.41) is 6.77. The molecule has 0 fully saturated rings. The van der Waals surface area contributed by atoms with Crippen molar-refractivity contribution in [1.82, 2.24) is 14.8 Å². The van der Waals surface area contributed by atoms with Crippen molar-refractivity contribution in [3.8, 4) is 5.69 Å². The number of aryl methyl sites for hydroxylation is 2. The standard InChI is InChI=1S/C11H14N4O/c1-7-3-4-8(2)15(7)10-6-13-14-9(10)5-11(12)16/h3-4,6H,5H2,1-2H3,(H2,12,16)(H,13,14). The van der Waals surface area contributed by atoms with Crippen molar-refractivity contribution in [2.45, 2.75) is 20.3 Å². The highest BCUT2D eigenvalue weighted by molar-refractivity contribution is 5.77. The molecule has 0 saturated heterocycles. The second-order valence-corrected chi connectivity index (χ2v) is 3.83. The lowest BCUT2D eigenvalue weighted by atomic mass is 10.2. The van der Waals surface area contributed by atoms with Gasteiger partial charge in [0.25, 0.3) is 0 Å². The molecule has 2 aromatic rings. The molecule has 5 heteroatoms. The van der Waals surface area contributed by atoms with E-state index < -0.39 is 0 Å². The molecule has 2 aromatic heterocycles. The summed E-state index contributed by atoms with van der Waals surface area (Å²) in [6.07, 6.45) is 1.88. The van der Waals surface area contributed by atoms with Gasteiger partial charge in [-0.2, -0.15) is 5.10 Å². The Morgan fingerprint density at radius 2 is 2.06 bits per heavy atom. The summed E-state index contributed by atoms with van der Waals surface area (Å²) in [5.74, 6) is -0.368. The second-order valence-electron chi connectivity index (χ2n) is 3.83. The summed E-state index contributed by atoms with van der Waals surface area (Å²) in [4.78, 5) is 10.9. The minimum absolute atomic E-state index is 0.173. The third kappa shape index (κ3) is 1.71. The van der Waals surface area contributed by atoms with Gasteiger partial charge in [0.05, 0.1) is 24.0 Å². The third-order valence-electron chi connectivity index (χ3n) is 2.56. The number of aromatic amines is 1. The number of aromatic nitrogens is 3. The molecule has 5 nitrogen and oxygen atoms in total. The van der Waals surface area contributed by atoms with E-state index in [1.165, 1.54) is 0 Å². The number of amides is 1. The van der Waals surface area contributed by atoms with Crippen molar-refractivity contribution in [3.63, 3.8) is 0 Å². The number of nitrogens with one attached hydrogen (secondary N) is 1. The summed E-state index contributed by atoms with van der Waals surface area (Å²) in [6, 6.07) is 4.05. The van der Waals surface area contributed by atoms with Gasteiger partial charge < -0.3 is 10.3 Å². The van der Waals surface area contributed by atoms with E-state index in [-0.39, 0.29) is 12.3 Å². The molecule has 84 valence electrons. The summed E-state index contributed by atoms with van der Waals surface area (Å²) in [7, 11) is 0. The fraction of sp³-hybridized carbons (Fsp3) is 0.273. The predicted molar refractivity (Wildman–Crippen MR) is 60.3 cm³/mol. The van der Waals surface area contributed by atoms with Crippen LogP contribution < -0.4 is 5.73 Å². The Balaban J connectivity index is 2.48. The van der Waals surface area contributed by atoms with Gasteiger partial charge in [0.1, 0.15) is 0 Å². The monoisotopic (exact) mass is 218 g/mol. The van der Waals surface area contributed by atoms with Crippen LogP contribution in [0.15, 0.2) is 18.3 Å². The highest BCUT2D eigenvalue weighted by atomic mass is 16.1. The molecule has 1 amide bonds. The van der Waals surface area contributed by atoms with Crippen LogP contribution >= 0.6 is 0 Å². The molecule has 0 aliphatic heterocycles. The van der Waals surface area contributed by atoms with Gasteiger partial charge in [-0.3, -0.25) is 9.89 Å². The van der Waals surface area contributed by atoms with Gasteiger partial charge in [-0.25, -0.2) is 0 Å². The lowest BCUT2D eigenvalue weighted by Crippen LogP contribution is -2.15. The number of nitrogens with two attached hydrogens (primary N) is 1. The fourth-order valence-electron chi connectivity index (χ4n) is 1.85. The summed E-state index contributed by atoms with van der Waals surface area (Å²) in [6.45, 7) is 4.02. The first-order chi connectivity index (χ1) is 7.59. The van der Waals surface area contributed by atoms with Gasteiger partial charge in [0, 0.05) is 11.4 Å².